The molecule has 10 rings (SSSR count). The van der Waals surface area contributed by atoms with E-state index >= 15 is 8.78 Å². The summed E-state index contributed by atoms with van der Waals surface area (Å²) in [5, 5.41) is 0. The minimum Gasteiger partial charge on any atom is -0.304 e. The van der Waals surface area contributed by atoms with Crippen LogP contribution >= 0.6 is 0 Å². The van der Waals surface area contributed by atoms with Gasteiger partial charge in [-0.1, -0.05) is 102 Å². The molecule has 3 heterocycles. The number of nitrogens with zero attached hydrogens (tertiary/aromatic N) is 3. The second-order valence-electron chi connectivity index (χ2n) is 17.0. The van der Waals surface area contributed by atoms with E-state index in [1.54, 1.807) is 12.3 Å². The minimum absolute atomic E-state index is 0. The molecule has 0 radical (unpaired) electrons. The maximum absolute atomic E-state index is 17.1. The van der Waals surface area contributed by atoms with Gasteiger partial charge in [0.25, 0.3) is 0 Å². The van der Waals surface area contributed by atoms with E-state index in [4.69, 9.17) is 13.2 Å². The van der Waals surface area contributed by atoms with Gasteiger partial charge in [0, 0.05) is 55.6 Å². The molecule has 0 atom stereocenters. The molecule has 71 heavy (non-hydrogen) atoms. The molecule has 3 nitrogen and oxygen atoms in total. The van der Waals surface area contributed by atoms with Crippen LogP contribution in [0.25, 0.3) is 78.3 Å². The SMILES string of the molecule is [2H]C([2H])([2H])c1cc(-c2[c-]cc(F)cc2)ncc1CCc1cc(CCc2cnc(-c3[c-]cc(F)cc3)cc2C([2H])([2H])[2H])cc(-c2cc(F)cc(F)c2-c2cnc(-c3[c-]cccc3)cc2-c2ccc(-c3ccccc3)cc2)c1.[Ir+3]. The van der Waals surface area contributed by atoms with Crippen LogP contribution in [0, 0.1) is 55.2 Å². The number of hydrogen-bond donors (Lipinski definition) is 0. The van der Waals surface area contributed by atoms with Gasteiger partial charge in [0.05, 0.1) is 0 Å². The molecule has 0 spiro atoms. The largest absolute Gasteiger partial charge is 3.00 e. The molecular weight excluding hydrogens is 1070 g/mol. The van der Waals surface area contributed by atoms with E-state index in [-0.39, 0.29) is 68.0 Å². The van der Waals surface area contributed by atoms with Gasteiger partial charge < -0.3 is 15.0 Å². The van der Waals surface area contributed by atoms with Crippen LogP contribution in [0.2, 0.25) is 0 Å². The van der Waals surface area contributed by atoms with Gasteiger partial charge in [0.15, 0.2) is 0 Å². The van der Waals surface area contributed by atoms with Gasteiger partial charge in [0.1, 0.15) is 11.6 Å². The minimum atomic E-state index is -2.55. The molecule has 0 amide bonds. The summed E-state index contributed by atoms with van der Waals surface area (Å²) in [5.74, 6) is -2.64. The van der Waals surface area contributed by atoms with Crippen LogP contribution in [0.15, 0.2) is 182 Å². The van der Waals surface area contributed by atoms with Crippen LogP contribution in [0.3, 0.4) is 0 Å². The Morgan fingerprint density at radius 2 is 0.986 bits per heavy atom. The van der Waals surface area contributed by atoms with Crippen LogP contribution in [0.1, 0.15) is 41.6 Å². The number of aryl methyl sites for hydroxylation is 6. The Morgan fingerprint density at radius 3 is 1.55 bits per heavy atom. The smallest absolute Gasteiger partial charge is 0.304 e. The molecule has 3 aromatic heterocycles. The summed E-state index contributed by atoms with van der Waals surface area (Å²) in [7, 11) is 0. The van der Waals surface area contributed by atoms with Gasteiger partial charge in [-0.3, -0.25) is 8.78 Å². The first-order valence-electron chi connectivity index (χ1n) is 25.6. The molecule has 0 saturated heterocycles. The van der Waals surface area contributed by atoms with Gasteiger partial charge in [-0.15, -0.1) is 95.6 Å². The number of hydrogen-bond acceptors (Lipinski definition) is 3. The summed E-state index contributed by atoms with van der Waals surface area (Å²) in [6.45, 7) is -5.09. The number of pyridine rings is 3. The van der Waals surface area contributed by atoms with Crippen LogP contribution in [0.4, 0.5) is 17.6 Å². The molecule has 7 aromatic carbocycles. The molecule has 0 unspecified atom stereocenters. The molecule has 0 fully saturated rings. The molecule has 0 bridgehead atoms. The molecule has 0 N–H and O–H groups in total. The van der Waals surface area contributed by atoms with Crippen molar-refractivity contribution in [1.29, 1.82) is 0 Å². The van der Waals surface area contributed by atoms with Crippen LogP contribution in [-0.2, 0) is 45.8 Å². The van der Waals surface area contributed by atoms with Gasteiger partial charge in [-0.25, -0.2) is 8.78 Å². The first kappa shape index (κ1) is 41.2. The Kier molecular flexibility index (Phi) is 12.5. The first-order chi connectivity index (χ1) is 36.5. The molecule has 0 aliphatic rings. The zero-order valence-electron chi connectivity index (χ0n) is 43.8. The normalized spacial score (nSPS) is 12.7. The Balaban J connectivity index is 0.00000722. The molecular formula is C63H44F4IrN3. The summed E-state index contributed by atoms with van der Waals surface area (Å²) in [6.07, 6.45) is 5.49. The zero-order valence-corrected chi connectivity index (χ0v) is 40.2. The third-order valence-corrected chi connectivity index (χ3v) is 12.3. The summed E-state index contributed by atoms with van der Waals surface area (Å²) < 4.78 is 111. The van der Waals surface area contributed by atoms with E-state index in [2.05, 4.69) is 28.2 Å². The molecule has 0 aliphatic carbocycles. The third kappa shape index (κ3) is 11.1. The number of benzene rings is 7. The van der Waals surface area contributed by atoms with E-state index < -0.39 is 37.0 Å². The molecule has 8 heteroatoms. The molecule has 0 aliphatic heterocycles. The molecule has 0 saturated carbocycles. The average Bonchev–Trinajstić information content (AvgIpc) is 3.43. The van der Waals surface area contributed by atoms with Crippen molar-refractivity contribution in [3.05, 3.63) is 257 Å². The van der Waals surface area contributed by atoms with Gasteiger partial charge in [-0.05, 0) is 118 Å². The first-order valence-corrected chi connectivity index (χ1v) is 22.6. The number of aromatic nitrogens is 3. The predicted octanol–water partition coefficient (Wildman–Crippen LogP) is 15.7. The van der Waals surface area contributed by atoms with Crippen molar-refractivity contribution in [2.75, 3.05) is 0 Å². The van der Waals surface area contributed by atoms with Crippen molar-refractivity contribution in [2.45, 2.75) is 39.4 Å². The van der Waals surface area contributed by atoms with Crippen molar-refractivity contribution >= 4 is 0 Å². The summed E-state index contributed by atoms with van der Waals surface area (Å²) >= 11 is 0. The van der Waals surface area contributed by atoms with E-state index in [9.17, 15) is 8.78 Å². The summed E-state index contributed by atoms with van der Waals surface area (Å²) in [4.78, 5) is 13.9. The van der Waals surface area contributed by atoms with E-state index in [0.29, 0.717) is 72.7 Å². The third-order valence-electron chi connectivity index (χ3n) is 12.3. The quantitative estimate of drug-likeness (QED) is 0.0853. The fourth-order valence-corrected chi connectivity index (χ4v) is 8.70. The number of halogens is 4. The predicted molar refractivity (Wildman–Crippen MR) is 271 cm³/mol. The second kappa shape index (κ2) is 21.6. The van der Waals surface area contributed by atoms with Crippen molar-refractivity contribution in [3.8, 4) is 78.3 Å². The van der Waals surface area contributed by atoms with Crippen molar-refractivity contribution < 1.29 is 45.9 Å². The van der Waals surface area contributed by atoms with Crippen molar-refractivity contribution in [3.63, 3.8) is 0 Å². The fraction of sp³-hybridized carbons (Fsp3) is 0.0952. The summed E-state index contributed by atoms with van der Waals surface area (Å²) in [6, 6.07) is 54.3. The van der Waals surface area contributed by atoms with Crippen LogP contribution in [-0.4, -0.2) is 15.0 Å². The van der Waals surface area contributed by atoms with E-state index in [1.165, 1.54) is 54.9 Å². The maximum atomic E-state index is 17.1. The van der Waals surface area contributed by atoms with E-state index in [0.717, 1.165) is 34.9 Å². The van der Waals surface area contributed by atoms with Crippen molar-refractivity contribution in [1.82, 2.24) is 15.0 Å². The van der Waals surface area contributed by atoms with E-state index in [1.807, 2.05) is 97.1 Å². The second-order valence-corrected chi connectivity index (χ2v) is 17.0. The van der Waals surface area contributed by atoms with Crippen LogP contribution in [0.5, 0.6) is 0 Å². The van der Waals surface area contributed by atoms with Gasteiger partial charge >= 0.3 is 20.1 Å². The Hall–Kier alpha value is -7.64. The molecule has 10 aromatic rings. The van der Waals surface area contributed by atoms with Crippen molar-refractivity contribution in [2.24, 2.45) is 0 Å². The maximum Gasteiger partial charge on any atom is 3.00 e. The Bertz CT molecular complexity index is 3580. The monoisotopic (exact) mass is 1120 g/mol. The average molecular weight is 1120 g/mol. The Morgan fingerprint density at radius 1 is 0.437 bits per heavy atom. The topological polar surface area (TPSA) is 38.7 Å². The van der Waals surface area contributed by atoms with Gasteiger partial charge in [-0.2, -0.15) is 0 Å². The molecule has 348 valence electrons. The van der Waals surface area contributed by atoms with Crippen LogP contribution < -0.4 is 0 Å². The summed E-state index contributed by atoms with van der Waals surface area (Å²) in [5.41, 5.74) is 9.66. The van der Waals surface area contributed by atoms with Gasteiger partial charge in [0.2, 0.25) is 0 Å². The fourth-order valence-electron chi connectivity index (χ4n) is 8.70. The Labute approximate surface area is 433 Å². The standard InChI is InChI=1S/C63H44F4N3.Ir/c1-40-29-60(48-21-25-53(64)26-22-48)68-37-50(40)15-13-42-31-43(14-16-51-38-69-61(30-41(51)2)49-23-27-54(65)28-24-49)33-52(32-42)57-34-55(66)35-59(67)63(57)58-39-70-62(47-11-7-4-8-12-47)36-56(58)46-19-17-45(18-20-46)44-9-5-3-6-10-44;/h3-11,17-21,23,25-39H,13-16H2,1-2H3;/q-3;+3/i1D3,2D3;. The number of rotatable bonds is 13. The zero-order chi connectivity index (χ0) is 53.1.